The summed E-state index contributed by atoms with van der Waals surface area (Å²) >= 11 is 0. The topological polar surface area (TPSA) is 54.0 Å². The van der Waals surface area contributed by atoms with Crippen LogP contribution in [0.25, 0.3) is 11.0 Å². The van der Waals surface area contributed by atoms with E-state index in [-0.39, 0.29) is 11.5 Å². The summed E-state index contributed by atoms with van der Waals surface area (Å²) in [7, 11) is 0. The molecule has 2 aromatic rings. The van der Waals surface area contributed by atoms with Crippen molar-refractivity contribution < 1.29 is 4.42 Å². The minimum Gasteiger partial charge on any atom is -0.422 e. The van der Waals surface area contributed by atoms with Crippen molar-refractivity contribution in [3.63, 3.8) is 0 Å². The van der Waals surface area contributed by atoms with Gasteiger partial charge in [0.1, 0.15) is 17.2 Å². The largest absolute Gasteiger partial charge is 0.422 e. The summed E-state index contributed by atoms with van der Waals surface area (Å²) in [4.78, 5) is 11.8. The minimum absolute atomic E-state index is 0.110. The standard InChI is InChI=1S/C15H15NO2/c1-4-10-5-6-13-11(7-10)14(9(2)3)12(8-16)15(17)18-13/h5-7,9H,4H2,1-3H3. The zero-order chi connectivity index (χ0) is 13.3. The average molecular weight is 241 g/mol. The maximum atomic E-state index is 11.8. The van der Waals surface area contributed by atoms with Crippen LogP contribution in [0.5, 0.6) is 0 Å². The summed E-state index contributed by atoms with van der Waals surface area (Å²) in [5, 5.41) is 10.00. The smallest absolute Gasteiger partial charge is 0.354 e. The maximum absolute atomic E-state index is 11.8. The van der Waals surface area contributed by atoms with Gasteiger partial charge in [-0.2, -0.15) is 5.26 Å². The van der Waals surface area contributed by atoms with Crippen LogP contribution < -0.4 is 5.63 Å². The van der Waals surface area contributed by atoms with Crippen molar-refractivity contribution in [1.29, 1.82) is 5.26 Å². The molecule has 3 heteroatoms. The lowest BCUT2D eigenvalue weighted by molar-refractivity contribution is 0.554. The van der Waals surface area contributed by atoms with Gasteiger partial charge in [0.15, 0.2) is 0 Å². The Balaban J connectivity index is 2.95. The van der Waals surface area contributed by atoms with Crippen LogP contribution in [0.4, 0.5) is 0 Å². The van der Waals surface area contributed by atoms with Gasteiger partial charge in [-0.3, -0.25) is 0 Å². The van der Waals surface area contributed by atoms with Gasteiger partial charge in [0.05, 0.1) is 0 Å². The summed E-state index contributed by atoms with van der Waals surface area (Å²) < 4.78 is 5.20. The van der Waals surface area contributed by atoms with Crippen molar-refractivity contribution in [2.24, 2.45) is 0 Å². The Hall–Kier alpha value is -2.08. The molecule has 2 rings (SSSR count). The van der Waals surface area contributed by atoms with E-state index in [0.29, 0.717) is 5.58 Å². The van der Waals surface area contributed by atoms with E-state index < -0.39 is 5.63 Å². The Morgan fingerprint density at radius 1 is 1.39 bits per heavy atom. The lowest BCUT2D eigenvalue weighted by atomic mass is 9.94. The molecule has 1 aromatic heterocycles. The van der Waals surface area contributed by atoms with Crippen LogP contribution >= 0.6 is 0 Å². The highest BCUT2D eigenvalue weighted by Gasteiger charge is 2.17. The number of nitriles is 1. The second-order valence-corrected chi connectivity index (χ2v) is 4.63. The number of fused-ring (bicyclic) bond motifs is 1. The van der Waals surface area contributed by atoms with Crippen molar-refractivity contribution >= 4 is 11.0 Å². The molecule has 3 nitrogen and oxygen atoms in total. The second-order valence-electron chi connectivity index (χ2n) is 4.63. The van der Waals surface area contributed by atoms with Crippen LogP contribution in [-0.4, -0.2) is 0 Å². The number of aryl methyl sites for hydroxylation is 1. The first-order valence-electron chi connectivity index (χ1n) is 6.08. The highest BCUT2D eigenvalue weighted by Crippen LogP contribution is 2.27. The Kier molecular flexibility index (Phi) is 3.20. The molecule has 0 atom stereocenters. The summed E-state index contributed by atoms with van der Waals surface area (Å²) in [6, 6.07) is 7.73. The summed E-state index contributed by atoms with van der Waals surface area (Å²) in [5.74, 6) is 0.110. The fourth-order valence-electron chi connectivity index (χ4n) is 2.20. The predicted molar refractivity (Wildman–Crippen MR) is 70.7 cm³/mol. The third-order valence-corrected chi connectivity index (χ3v) is 3.11. The number of hydrogen-bond acceptors (Lipinski definition) is 3. The van der Waals surface area contributed by atoms with Crippen molar-refractivity contribution in [3.05, 3.63) is 45.3 Å². The Morgan fingerprint density at radius 2 is 2.11 bits per heavy atom. The Labute approximate surface area is 106 Å². The summed E-state index contributed by atoms with van der Waals surface area (Å²) in [6.45, 7) is 6.03. The molecule has 0 bridgehead atoms. The van der Waals surface area contributed by atoms with Crippen LogP contribution in [0.15, 0.2) is 27.4 Å². The van der Waals surface area contributed by atoms with E-state index in [1.54, 1.807) is 0 Å². The highest BCUT2D eigenvalue weighted by molar-refractivity contribution is 5.83. The van der Waals surface area contributed by atoms with E-state index in [1.165, 1.54) is 5.56 Å². The number of nitrogens with zero attached hydrogens (tertiary/aromatic N) is 1. The second kappa shape index (κ2) is 4.66. The molecule has 1 aromatic carbocycles. The molecule has 1 heterocycles. The van der Waals surface area contributed by atoms with Crippen LogP contribution in [0.3, 0.4) is 0 Å². The molecule has 0 saturated carbocycles. The third-order valence-electron chi connectivity index (χ3n) is 3.11. The molecule has 0 aliphatic heterocycles. The molecular weight excluding hydrogens is 226 g/mol. The molecule has 0 fully saturated rings. The number of hydrogen-bond donors (Lipinski definition) is 0. The molecular formula is C15H15NO2. The lowest BCUT2D eigenvalue weighted by Gasteiger charge is -2.11. The van der Waals surface area contributed by atoms with Gasteiger partial charge in [0.25, 0.3) is 0 Å². The van der Waals surface area contributed by atoms with Crippen molar-refractivity contribution in [2.75, 3.05) is 0 Å². The fourth-order valence-corrected chi connectivity index (χ4v) is 2.20. The molecule has 18 heavy (non-hydrogen) atoms. The number of benzene rings is 1. The van der Waals surface area contributed by atoms with E-state index in [1.807, 2.05) is 38.1 Å². The molecule has 92 valence electrons. The SMILES string of the molecule is CCc1ccc2oc(=O)c(C#N)c(C(C)C)c2c1. The monoisotopic (exact) mass is 241 g/mol. The first-order chi connectivity index (χ1) is 8.58. The van der Waals surface area contributed by atoms with Gasteiger partial charge in [-0.25, -0.2) is 4.79 Å². The summed E-state index contributed by atoms with van der Waals surface area (Å²) in [6.07, 6.45) is 0.911. The highest BCUT2D eigenvalue weighted by atomic mass is 16.4. The van der Waals surface area contributed by atoms with Gasteiger partial charge in [-0.15, -0.1) is 0 Å². The lowest BCUT2D eigenvalue weighted by Crippen LogP contribution is -2.10. The van der Waals surface area contributed by atoms with E-state index in [4.69, 9.17) is 9.68 Å². The van der Waals surface area contributed by atoms with Gasteiger partial charge >= 0.3 is 5.63 Å². The molecule has 0 amide bonds. The summed E-state index contributed by atoms with van der Waals surface area (Å²) in [5.41, 5.74) is 2.10. The Bertz CT molecular complexity index is 690. The quantitative estimate of drug-likeness (QED) is 0.757. The predicted octanol–water partition coefficient (Wildman–Crippen LogP) is 3.35. The maximum Gasteiger partial charge on any atom is 0.354 e. The van der Waals surface area contributed by atoms with Gasteiger partial charge in [0, 0.05) is 5.39 Å². The third kappa shape index (κ3) is 1.91. The zero-order valence-electron chi connectivity index (χ0n) is 10.8. The fraction of sp³-hybridized carbons (Fsp3) is 0.333. The van der Waals surface area contributed by atoms with Crippen molar-refractivity contribution in [1.82, 2.24) is 0 Å². The molecule has 0 unspecified atom stereocenters. The van der Waals surface area contributed by atoms with Gasteiger partial charge in [-0.1, -0.05) is 26.8 Å². The molecule has 0 radical (unpaired) electrons. The normalized spacial score (nSPS) is 10.8. The first kappa shape index (κ1) is 12.4. The van der Waals surface area contributed by atoms with Crippen LogP contribution in [0, 0.1) is 11.3 Å². The van der Waals surface area contributed by atoms with E-state index >= 15 is 0 Å². The van der Waals surface area contributed by atoms with E-state index in [2.05, 4.69) is 6.92 Å². The first-order valence-corrected chi connectivity index (χ1v) is 6.08. The van der Waals surface area contributed by atoms with Crippen molar-refractivity contribution in [3.8, 4) is 6.07 Å². The molecule has 0 spiro atoms. The Morgan fingerprint density at radius 3 is 2.67 bits per heavy atom. The van der Waals surface area contributed by atoms with Crippen LogP contribution in [-0.2, 0) is 6.42 Å². The van der Waals surface area contributed by atoms with Gasteiger partial charge < -0.3 is 4.42 Å². The van der Waals surface area contributed by atoms with Gasteiger partial charge in [0.2, 0.25) is 0 Å². The molecule has 0 saturated heterocycles. The molecule has 0 N–H and O–H groups in total. The van der Waals surface area contributed by atoms with E-state index in [0.717, 1.165) is 17.4 Å². The zero-order valence-corrected chi connectivity index (χ0v) is 10.8. The van der Waals surface area contributed by atoms with Crippen LogP contribution in [0.2, 0.25) is 0 Å². The van der Waals surface area contributed by atoms with E-state index in [9.17, 15) is 4.79 Å². The number of rotatable bonds is 2. The van der Waals surface area contributed by atoms with Crippen LogP contribution in [0.1, 0.15) is 43.4 Å². The molecule has 0 aliphatic carbocycles. The molecule has 0 aliphatic rings. The minimum atomic E-state index is -0.544. The van der Waals surface area contributed by atoms with Gasteiger partial charge in [-0.05, 0) is 35.6 Å². The van der Waals surface area contributed by atoms with Crippen molar-refractivity contribution in [2.45, 2.75) is 33.1 Å². The average Bonchev–Trinajstić information content (AvgIpc) is 2.36.